The summed E-state index contributed by atoms with van der Waals surface area (Å²) in [5.41, 5.74) is 8.04. The zero-order valence-electron chi connectivity index (χ0n) is 10.6. The molecule has 0 saturated carbocycles. The van der Waals surface area contributed by atoms with E-state index in [-0.39, 0.29) is 5.82 Å². The summed E-state index contributed by atoms with van der Waals surface area (Å²) in [6, 6.07) is 14.4. The third kappa shape index (κ3) is 3.29. The topological polar surface area (TPSA) is 29.3 Å². The molecule has 2 aromatic rings. The number of nitrogens with zero attached hydrogens (tertiary/aromatic N) is 1. The van der Waals surface area contributed by atoms with Crippen LogP contribution in [0.3, 0.4) is 0 Å². The zero-order valence-corrected chi connectivity index (χ0v) is 11.5. The van der Waals surface area contributed by atoms with Crippen molar-refractivity contribution in [3.63, 3.8) is 0 Å². The van der Waals surface area contributed by atoms with Gasteiger partial charge in [0.25, 0.3) is 0 Å². The predicted octanol–water partition coefficient (Wildman–Crippen LogP) is 3.10. The maximum atomic E-state index is 13.6. The fourth-order valence-corrected chi connectivity index (χ4v) is 1.99. The summed E-state index contributed by atoms with van der Waals surface area (Å²) in [4.78, 5) is 2.35. The van der Waals surface area contributed by atoms with Gasteiger partial charge in [-0.15, -0.1) is 0 Å². The Morgan fingerprint density at radius 1 is 1.16 bits per heavy atom. The molecule has 0 spiro atoms. The fraction of sp³-hybridized carbons (Fsp3) is 0.133. The van der Waals surface area contributed by atoms with Gasteiger partial charge in [-0.2, -0.15) is 0 Å². The second-order valence-corrected chi connectivity index (χ2v) is 4.80. The summed E-state index contributed by atoms with van der Waals surface area (Å²) in [5, 5.41) is 0. The summed E-state index contributed by atoms with van der Waals surface area (Å²) in [6.07, 6.45) is 0. The highest BCUT2D eigenvalue weighted by molar-refractivity contribution is 7.80. The molecule has 0 aliphatic heterocycles. The van der Waals surface area contributed by atoms with Crippen LogP contribution in [0.5, 0.6) is 0 Å². The van der Waals surface area contributed by atoms with Gasteiger partial charge >= 0.3 is 0 Å². The Morgan fingerprint density at radius 2 is 1.79 bits per heavy atom. The van der Waals surface area contributed by atoms with Gasteiger partial charge in [-0.25, -0.2) is 4.39 Å². The Balaban J connectivity index is 2.14. The number of hydrogen-bond acceptors (Lipinski definition) is 2. The Bertz CT molecular complexity index is 581. The molecule has 0 fully saturated rings. The van der Waals surface area contributed by atoms with E-state index >= 15 is 0 Å². The summed E-state index contributed by atoms with van der Waals surface area (Å²) in [7, 11) is 1.92. The van der Waals surface area contributed by atoms with E-state index in [4.69, 9.17) is 18.0 Å². The number of benzene rings is 2. The van der Waals surface area contributed by atoms with Crippen LogP contribution >= 0.6 is 12.2 Å². The Kier molecular flexibility index (Phi) is 4.12. The first-order valence-electron chi connectivity index (χ1n) is 5.92. The third-order valence-electron chi connectivity index (χ3n) is 2.96. The highest BCUT2D eigenvalue weighted by Gasteiger charge is 2.06. The van der Waals surface area contributed by atoms with E-state index in [1.807, 2.05) is 42.3 Å². The number of nitrogens with two attached hydrogens (primary N) is 1. The van der Waals surface area contributed by atoms with Crippen LogP contribution in [0.1, 0.15) is 11.1 Å². The van der Waals surface area contributed by atoms with Crippen LogP contribution in [0.2, 0.25) is 0 Å². The highest BCUT2D eigenvalue weighted by Crippen LogP contribution is 2.17. The smallest absolute Gasteiger partial charge is 0.128 e. The summed E-state index contributed by atoms with van der Waals surface area (Å²) in [6.45, 7) is 0.513. The minimum atomic E-state index is -0.186. The highest BCUT2D eigenvalue weighted by atomic mass is 32.1. The monoisotopic (exact) mass is 274 g/mol. The molecule has 2 aromatic carbocycles. The molecule has 0 saturated heterocycles. The lowest BCUT2D eigenvalue weighted by Crippen LogP contribution is -2.17. The quantitative estimate of drug-likeness (QED) is 0.869. The van der Waals surface area contributed by atoms with E-state index in [1.54, 1.807) is 12.1 Å². The minimum absolute atomic E-state index is 0.186. The molecule has 0 amide bonds. The Morgan fingerprint density at radius 3 is 2.37 bits per heavy atom. The van der Waals surface area contributed by atoms with Crippen molar-refractivity contribution in [3.8, 4) is 0 Å². The molecule has 0 heterocycles. The molecular formula is C15H15FN2S. The van der Waals surface area contributed by atoms with Crippen molar-refractivity contribution in [1.29, 1.82) is 0 Å². The van der Waals surface area contributed by atoms with E-state index in [0.717, 1.165) is 11.3 Å². The zero-order chi connectivity index (χ0) is 13.8. The van der Waals surface area contributed by atoms with Crippen molar-refractivity contribution >= 4 is 22.9 Å². The van der Waals surface area contributed by atoms with Crippen molar-refractivity contribution < 1.29 is 4.39 Å². The number of rotatable bonds is 4. The summed E-state index contributed by atoms with van der Waals surface area (Å²) in [5.74, 6) is -0.186. The van der Waals surface area contributed by atoms with Gasteiger partial charge in [-0.05, 0) is 30.3 Å². The maximum absolute atomic E-state index is 13.6. The molecule has 0 atom stereocenters. The number of hydrogen-bond donors (Lipinski definition) is 1. The molecule has 0 aliphatic carbocycles. The molecule has 0 aromatic heterocycles. The van der Waals surface area contributed by atoms with Crippen molar-refractivity contribution in [2.24, 2.45) is 5.73 Å². The van der Waals surface area contributed by atoms with E-state index in [9.17, 15) is 4.39 Å². The Hall–Kier alpha value is -1.94. The molecule has 2 rings (SSSR count). The fourth-order valence-electron chi connectivity index (χ4n) is 1.85. The second kappa shape index (κ2) is 5.80. The van der Waals surface area contributed by atoms with Crippen molar-refractivity contribution in [2.45, 2.75) is 6.54 Å². The molecule has 4 heteroatoms. The van der Waals surface area contributed by atoms with Crippen LogP contribution in [-0.4, -0.2) is 12.0 Å². The SMILES string of the molecule is CN(Cc1ccccc1F)c1ccc(C(N)=S)cc1. The summed E-state index contributed by atoms with van der Waals surface area (Å²) < 4.78 is 13.6. The number of halogens is 1. The van der Waals surface area contributed by atoms with Crippen molar-refractivity contribution in [1.82, 2.24) is 0 Å². The molecule has 0 aliphatic rings. The average molecular weight is 274 g/mol. The van der Waals surface area contributed by atoms with Gasteiger partial charge in [0.1, 0.15) is 10.8 Å². The summed E-state index contributed by atoms with van der Waals surface area (Å²) >= 11 is 4.91. The van der Waals surface area contributed by atoms with Gasteiger partial charge in [-0.1, -0.05) is 30.4 Å². The predicted molar refractivity (Wildman–Crippen MR) is 80.8 cm³/mol. The number of thiocarbonyl (C=S) groups is 1. The maximum Gasteiger partial charge on any atom is 0.128 e. The molecule has 0 unspecified atom stereocenters. The third-order valence-corrected chi connectivity index (χ3v) is 3.19. The molecule has 0 radical (unpaired) electrons. The molecule has 19 heavy (non-hydrogen) atoms. The lowest BCUT2D eigenvalue weighted by Gasteiger charge is -2.20. The van der Waals surface area contributed by atoms with E-state index in [0.29, 0.717) is 17.1 Å². The van der Waals surface area contributed by atoms with Gasteiger partial charge in [0.2, 0.25) is 0 Å². The molecule has 98 valence electrons. The van der Waals surface area contributed by atoms with Crippen molar-refractivity contribution in [3.05, 3.63) is 65.5 Å². The number of anilines is 1. The first-order chi connectivity index (χ1) is 9.08. The van der Waals surface area contributed by atoms with Crippen LogP contribution < -0.4 is 10.6 Å². The van der Waals surface area contributed by atoms with E-state index < -0.39 is 0 Å². The van der Waals surface area contributed by atoms with Gasteiger partial charge < -0.3 is 10.6 Å². The second-order valence-electron chi connectivity index (χ2n) is 4.36. The standard InChI is InChI=1S/C15H15FN2S/c1-18(10-12-4-2-3-5-14(12)16)13-8-6-11(7-9-13)15(17)19/h2-9H,10H2,1H3,(H2,17,19). The van der Waals surface area contributed by atoms with E-state index in [1.165, 1.54) is 6.07 Å². The van der Waals surface area contributed by atoms with Crippen molar-refractivity contribution in [2.75, 3.05) is 11.9 Å². The van der Waals surface area contributed by atoms with Gasteiger partial charge in [0.05, 0.1) is 0 Å². The largest absolute Gasteiger partial charge is 0.389 e. The Labute approximate surface area is 117 Å². The molecule has 2 N–H and O–H groups in total. The average Bonchev–Trinajstić information content (AvgIpc) is 2.41. The van der Waals surface area contributed by atoms with Gasteiger partial charge in [-0.3, -0.25) is 0 Å². The lowest BCUT2D eigenvalue weighted by molar-refractivity contribution is 0.608. The van der Waals surface area contributed by atoms with Crippen LogP contribution in [0.4, 0.5) is 10.1 Å². The van der Waals surface area contributed by atoms with Crippen LogP contribution in [-0.2, 0) is 6.54 Å². The van der Waals surface area contributed by atoms with E-state index in [2.05, 4.69) is 0 Å². The minimum Gasteiger partial charge on any atom is -0.389 e. The first-order valence-corrected chi connectivity index (χ1v) is 6.33. The van der Waals surface area contributed by atoms with Gasteiger partial charge in [0, 0.05) is 30.4 Å². The van der Waals surface area contributed by atoms with Crippen LogP contribution in [0, 0.1) is 5.82 Å². The lowest BCUT2D eigenvalue weighted by atomic mass is 10.1. The first kappa shape index (κ1) is 13.5. The van der Waals surface area contributed by atoms with Gasteiger partial charge in [0.15, 0.2) is 0 Å². The molecular weight excluding hydrogens is 259 g/mol. The normalized spacial score (nSPS) is 10.2. The van der Waals surface area contributed by atoms with Crippen LogP contribution in [0.15, 0.2) is 48.5 Å². The molecule has 0 bridgehead atoms. The molecule has 2 nitrogen and oxygen atoms in total. The van der Waals surface area contributed by atoms with Crippen LogP contribution in [0.25, 0.3) is 0 Å².